The van der Waals surface area contributed by atoms with Crippen LogP contribution in [0.3, 0.4) is 0 Å². The third-order valence-electron chi connectivity index (χ3n) is 1.98. The first-order chi connectivity index (χ1) is 6.33. The number of aromatic hydroxyl groups is 1. The fourth-order valence-corrected chi connectivity index (χ4v) is 1.29. The average Bonchev–Trinajstić information content (AvgIpc) is 2.19. The summed E-state index contributed by atoms with van der Waals surface area (Å²) >= 11 is 0. The number of phenols is 1. The van der Waals surface area contributed by atoms with Crippen molar-refractivity contribution in [1.82, 2.24) is 4.98 Å². The van der Waals surface area contributed by atoms with Gasteiger partial charge in [-0.05, 0) is 17.5 Å². The maximum Gasteiger partial charge on any atom is 0.167 e. The van der Waals surface area contributed by atoms with Crippen molar-refractivity contribution in [3.63, 3.8) is 0 Å². The molecule has 0 aliphatic carbocycles. The number of nitrogens with zero attached hydrogens (tertiary/aromatic N) is 1. The number of fused-ring (bicyclic) bond motifs is 1. The van der Waals surface area contributed by atoms with Crippen LogP contribution in [0.2, 0.25) is 0 Å². The minimum Gasteiger partial charge on any atom is -0.504 e. The smallest absolute Gasteiger partial charge is 0.167 e. The van der Waals surface area contributed by atoms with E-state index in [0.29, 0.717) is 11.1 Å². The van der Waals surface area contributed by atoms with Gasteiger partial charge in [-0.15, -0.1) is 0 Å². The van der Waals surface area contributed by atoms with Crippen LogP contribution < -0.4 is 4.74 Å². The molecule has 2 aromatic rings. The van der Waals surface area contributed by atoms with Crippen LogP contribution in [0.5, 0.6) is 11.5 Å². The predicted molar refractivity (Wildman–Crippen MR) is 50.0 cm³/mol. The van der Waals surface area contributed by atoms with Crippen molar-refractivity contribution in [1.29, 1.82) is 0 Å². The van der Waals surface area contributed by atoms with Gasteiger partial charge in [-0.25, -0.2) is 0 Å². The van der Waals surface area contributed by atoms with Gasteiger partial charge in [-0.2, -0.15) is 0 Å². The summed E-state index contributed by atoms with van der Waals surface area (Å²) in [5.41, 5.74) is 0. The van der Waals surface area contributed by atoms with Gasteiger partial charge in [0.25, 0.3) is 0 Å². The van der Waals surface area contributed by atoms with Gasteiger partial charge in [0.15, 0.2) is 11.5 Å². The minimum absolute atomic E-state index is 0.146. The predicted octanol–water partition coefficient (Wildman–Crippen LogP) is 1.95. The first-order valence-corrected chi connectivity index (χ1v) is 3.92. The Bertz CT molecular complexity index is 440. The highest BCUT2D eigenvalue weighted by atomic mass is 16.5. The molecule has 0 bridgehead atoms. The van der Waals surface area contributed by atoms with Crippen LogP contribution in [0.4, 0.5) is 0 Å². The number of hydrogen-bond donors (Lipinski definition) is 1. The van der Waals surface area contributed by atoms with Gasteiger partial charge < -0.3 is 9.84 Å². The topological polar surface area (TPSA) is 42.4 Å². The maximum atomic E-state index is 9.68. The first kappa shape index (κ1) is 7.86. The molecule has 0 aliphatic rings. The van der Waals surface area contributed by atoms with E-state index in [1.54, 1.807) is 18.5 Å². The lowest BCUT2D eigenvalue weighted by Gasteiger charge is -2.05. The third kappa shape index (κ3) is 1.18. The lowest BCUT2D eigenvalue weighted by molar-refractivity contribution is 0.376. The van der Waals surface area contributed by atoms with E-state index in [1.165, 1.54) is 7.11 Å². The second-order valence-electron chi connectivity index (χ2n) is 2.71. The Balaban J connectivity index is 2.79. The summed E-state index contributed by atoms with van der Waals surface area (Å²) in [5, 5.41) is 11.3. The molecule has 66 valence electrons. The summed E-state index contributed by atoms with van der Waals surface area (Å²) in [5.74, 6) is 0.619. The van der Waals surface area contributed by atoms with E-state index < -0.39 is 0 Å². The Hall–Kier alpha value is -1.77. The molecule has 13 heavy (non-hydrogen) atoms. The normalized spacial score (nSPS) is 10.2. The number of ether oxygens (including phenoxy) is 1. The molecule has 0 amide bonds. The number of benzene rings is 1. The largest absolute Gasteiger partial charge is 0.504 e. The molecule has 1 aromatic carbocycles. The lowest BCUT2D eigenvalue weighted by atomic mass is 10.1. The van der Waals surface area contributed by atoms with Gasteiger partial charge in [0.1, 0.15) is 0 Å². The zero-order valence-electron chi connectivity index (χ0n) is 7.19. The molecule has 3 nitrogen and oxygen atoms in total. The van der Waals surface area contributed by atoms with E-state index in [0.717, 1.165) is 5.39 Å². The second kappa shape index (κ2) is 2.94. The lowest BCUT2D eigenvalue weighted by Crippen LogP contribution is -1.84. The van der Waals surface area contributed by atoms with E-state index in [2.05, 4.69) is 4.98 Å². The molecule has 0 saturated carbocycles. The molecule has 0 saturated heterocycles. The molecule has 1 heterocycles. The van der Waals surface area contributed by atoms with Crippen LogP contribution in [0.15, 0.2) is 30.6 Å². The number of methoxy groups -OCH3 is 1. The molecule has 1 N–H and O–H groups in total. The monoisotopic (exact) mass is 175 g/mol. The molecule has 0 spiro atoms. The van der Waals surface area contributed by atoms with Crippen molar-refractivity contribution in [3.8, 4) is 11.5 Å². The van der Waals surface area contributed by atoms with Crippen molar-refractivity contribution in [2.24, 2.45) is 0 Å². The highest BCUT2D eigenvalue weighted by Crippen LogP contribution is 2.33. The summed E-state index contributed by atoms with van der Waals surface area (Å²) < 4.78 is 4.98. The highest BCUT2D eigenvalue weighted by molar-refractivity contribution is 5.89. The second-order valence-corrected chi connectivity index (χ2v) is 2.71. The Morgan fingerprint density at radius 3 is 2.92 bits per heavy atom. The van der Waals surface area contributed by atoms with Crippen LogP contribution in [-0.4, -0.2) is 17.2 Å². The number of aromatic nitrogens is 1. The average molecular weight is 175 g/mol. The van der Waals surface area contributed by atoms with Gasteiger partial charge in [-0.3, -0.25) is 4.98 Å². The van der Waals surface area contributed by atoms with Gasteiger partial charge >= 0.3 is 0 Å². The summed E-state index contributed by atoms with van der Waals surface area (Å²) in [6.07, 6.45) is 3.31. The number of pyridine rings is 1. The molecule has 0 fully saturated rings. The van der Waals surface area contributed by atoms with Crippen molar-refractivity contribution in [2.45, 2.75) is 0 Å². The number of phenolic OH excluding ortho intramolecular Hbond substituents is 1. The van der Waals surface area contributed by atoms with Crippen molar-refractivity contribution >= 4 is 10.8 Å². The van der Waals surface area contributed by atoms with E-state index in [9.17, 15) is 5.11 Å². The summed E-state index contributed by atoms with van der Waals surface area (Å²) in [4.78, 5) is 3.93. The fourth-order valence-electron chi connectivity index (χ4n) is 1.29. The van der Waals surface area contributed by atoms with Crippen LogP contribution in [0.25, 0.3) is 10.8 Å². The van der Waals surface area contributed by atoms with Crippen LogP contribution >= 0.6 is 0 Å². The van der Waals surface area contributed by atoms with E-state index >= 15 is 0 Å². The number of rotatable bonds is 1. The van der Waals surface area contributed by atoms with Gasteiger partial charge in [0, 0.05) is 17.8 Å². The standard InChI is InChI=1S/C10H9NO2/c1-13-9-3-2-7-4-5-11-6-8(7)10(9)12/h2-6,12H,1H3. The van der Waals surface area contributed by atoms with Gasteiger partial charge in [-0.1, -0.05) is 6.07 Å². The first-order valence-electron chi connectivity index (χ1n) is 3.92. The molecule has 0 unspecified atom stereocenters. The third-order valence-corrected chi connectivity index (χ3v) is 1.98. The molecular formula is C10H9NO2. The Morgan fingerprint density at radius 2 is 2.15 bits per heavy atom. The van der Waals surface area contributed by atoms with E-state index in [4.69, 9.17) is 4.74 Å². The Morgan fingerprint density at radius 1 is 1.31 bits per heavy atom. The molecule has 1 aromatic heterocycles. The summed E-state index contributed by atoms with van der Waals surface area (Å²) in [6.45, 7) is 0. The summed E-state index contributed by atoms with van der Waals surface area (Å²) in [7, 11) is 1.53. The van der Waals surface area contributed by atoms with Gasteiger partial charge in [0.05, 0.1) is 7.11 Å². The molecule has 2 rings (SSSR count). The van der Waals surface area contributed by atoms with Crippen molar-refractivity contribution in [2.75, 3.05) is 7.11 Å². The van der Waals surface area contributed by atoms with Crippen molar-refractivity contribution in [3.05, 3.63) is 30.6 Å². The molecule has 0 radical (unpaired) electrons. The number of hydrogen-bond acceptors (Lipinski definition) is 3. The molecule has 3 heteroatoms. The zero-order chi connectivity index (χ0) is 9.26. The highest BCUT2D eigenvalue weighted by Gasteiger charge is 2.05. The fraction of sp³-hybridized carbons (Fsp3) is 0.100. The van der Waals surface area contributed by atoms with Crippen LogP contribution in [0.1, 0.15) is 0 Å². The summed E-state index contributed by atoms with van der Waals surface area (Å²) in [6, 6.07) is 5.46. The molecule has 0 atom stereocenters. The van der Waals surface area contributed by atoms with E-state index in [-0.39, 0.29) is 5.75 Å². The molecular weight excluding hydrogens is 166 g/mol. The Kier molecular flexibility index (Phi) is 1.77. The molecule has 0 aliphatic heterocycles. The van der Waals surface area contributed by atoms with Crippen LogP contribution in [0, 0.1) is 0 Å². The van der Waals surface area contributed by atoms with Gasteiger partial charge in [0.2, 0.25) is 0 Å². The Labute approximate surface area is 75.6 Å². The quantitative estimate of drug-likeness (QED) is 0.720. The van der Waals surface area contributed by atoms with E-state index in [1.807, 2.05) is 12.1 Å². The maximum absolute atomic E-state index is 9.68. The zero-order valence-corrected chi connectivity index (χ0v) is 7.19. The SMILES string of the molecule is COc1ccc2ccncc2c1O. The van der Waals surface area contributed by atoms with Crippen molar-refractivity contribution < 1.29 is 9.84 Å². The minimum atomic E-state index is 0.146. The van der Waals surface area contributed by atoms with Crippen LogP contribution in [-0.2, 0) is 0 Å².